The van der Waals surface area contributed by atoms with Crippen LogP contribution in [0, 0.1) is 0 Å². The first-order valence-corrected chi connectivity index (χ1v) is 8.99. The number of rotatable bonds is 6. The van der Waals surface area contributed by atoms with Crippen LogP contribution < -0.4 is 5.32 Å². The molecule has 132 valence electrons. The van der Waals surface area contributed by atoms with Crippen molar-refractivity contribution in [3.63, 3.8) is 0 Å². The van der Waals surface area contributed by atoms with Crippen LogP contribution in [-0.4, -0.2) is 60.4 Å². The Labute approximate surface area is 145 Å². The van der Waals surface area contributed by atoms with Crippen molar-refractivity contribution >= 4 is 11.8 Å². The van der Waals surface area contributed by atoms with Gasteiger partial charge in [0.2, 0.25) is 0 Å². The molecule has 0 radical (unpaired) electrons. The van der Waals surface area contributed by atoms with Gasteiger partial charge in [-0.1, -0.05) is 19.9 Å². The molecule has 0 unspecified atom stereocenters. The van der Waals surface area contributed by atoms with E-state index in [1.807, 2.05) is 22.8 Å². The summed E-state index contributed by atoms with van der Waals surface area (Å²) in [7, 11) is 0. The van der Waals surface area contributed by atoms with Crippen LogP contribution in [0.1, 0.15) is 54.3 Å². The summed E-state index contributed by atoms with van der Waals surface area (Å²) in [5, 5.41) is 3.29. The fourth-order valence-electron chi connectivity index (χ4n) is 3.13. The third-order valence-electron chi connectivity index (χ3n) is 4.39. The highest BCUT2D eigenvalue weighted by Crippen LogP contribution is 2.14. The quantitative estimate of drug-likeness (QED) is 0.871. The van der Waals surface area contributed by atoms with Crippen molar-refractivity contribution in [2.24, 2.45) is 0 Å². The van der Waals surface area contributed by atoms with E-state index in [1.165, 1.54) is 0 Å². The highest BCUT2D eigenvalue weighted by molar-refractivity contribution is 5.99. The summed E-state index contributed by atoms with van der Waals surface area (Å²) >= 11 is 0. The summed E-state index contributed by atoms with van der Waals surface area (Å²) in [6.45, 7) is 10.0. The Morgan fingerprint density at radius 2 is 1.88 bits per heavy atom. The molecule has 2 amide bonds. The minimum Gasteiger partial charge on any atom is -0.339 e. The molecular weight excluding hydrogens is 302 g/mol. The van der Waals surface area contributed by atoms with Crippen LogP contribution in [-0.2, 0) is 0 Å². The summed E-state index contributed by atoms with van der Waals surface area (Å²) < 4.78 is 0. The van der Waals surface area contributed by atoms with Crippen molar-refractivity contribution in [3.05, 3.63) is 35.4 Å². The SMILES string of the molecule is CCCN(CCC)C(=O)c1cccc(C(=O)N2CCNC[C@H]2C)c1. The van der Waals surface area contributed by atoms with E-state index in [0.717, 1.165) is 39.0 Å². The lowest BCUT2D eigenvalue weighted by molar-refractivity contribution is 0.0655. The molecule has 5 nitrogen and oxygen atoms in total. The van der Waals surface area contributed by atoms with Gasteiger partial charge in [0, 0.05) is 49.9 Å². The summed E-state index contributed by atoms with van der Waals surface area (Å²) in [6, 6.07) is 7.33. The van der Waals surface area contributed by atoms with E-state index in [0.29, 0.717) is 17.7 Å². The summed E-state index contributed by atoms with van der Waals surface area (Å²) in [5.41, 5.74) is 1.20. The lowest BCUT2D eigenvalue weighted by Gasteiger charge is -2.34. The molecule has 1 fully saturated rings. The number of nitrogens with one attached hydrogen (secondary N) is 1. The molecule has 1 saturated heterocycles. The van der Waals surface area contributed by atoms with Crippen LogP contribution in [0.2, 0.25) is 0 Å². The van der Waals surface area contributed by atoms with Crippen LogP contribution >= 0.6 is 0 Å². The summed E-state index contributed by atoms with van der Waals surface area (Å²) in [6.07, 6.45) is 1.87. The minimum absolute atomic E-state index is 0.0104. The molecule has 0 aliphatic carbocycles. The molecule has 1 N–H and O–H groups in total. The molecule has 1 aliphatic heterocycles. The smallest absolute Gasteiger partial charge is 0.254 e. The molecule has 1 aliphatic rings. The predicted octanol–water partition coefficient (Wildman–Crippen LogP) is 2.38. The normalized spacial score (nSPS) is 17.6. The van der Waals surface area contributed by atoms with E-state index in [2.05, 4.69) is 19.2 Å². The van der Waals surface area contributed by atoms with Crippen LogP contribution in [0.15, 0.2) is 24.3 Å². The first-order valence-electron chi connectivity index (χ1n) is 8.99. The minimum atomic E-state index is 0.0104. The average molecular weight is 331 g/mol. The highest BCUT2D eigenvalue weighted by Gasteiger charge is 2.25. The monoisotopic (exact) mass is 331 g/mol. The fourth-order valence-corrected chi connectivity index (χ4v) is 3.13. The first-order chi connectivity index (χ1) is 11.6. The second-order valence-electron chi connectivity index (χ2n) is 6.42. The number of benzene rings is 1. The van der Waals surface area contributed by atoms with Gasteiger partial charge in [0.05, 0.1) is 0 Å². The molecule has 0 bridgehead atoms. The van der Waals surface area contributed by atoms with E-state index in [4.69, 9.17) is 0 Å². The molecule has 2 rings (SSSR count). The zero-order valence-electron chi connectivity index (χ0n) is 15.0. The molecule has 5 heteroatoms. The van der Waals surface area contributed by atoms with E-state index in [-0.39, 0.29) is 17.9 Å². The number of carbonyl (C=O) groups is 2. The molecule has 0 aromatic heterocycles. The molecule has 1 aromatic rings. The molecule has 24 heavy (non-hydrogen) atoms. The Morgan fingerprint density at radius 3 is 2.50 bits per heavy atom. The van der Waals surface area contributed by atoms with Crippen molar-refractivity contribution in [2.45, 2.75) is 39.7 Å². The largest absolute Gasteiger partial charge is 0.339 e. The van der Waals surface area contributed by atoms with E-state index in [9.17, 15) is 9.59 Å². The number of carbonyl (C=O) groups excluding carboxylic acids is 2. The van der Waals surface area contributed by atoms with Crippen LogP contribution in [0.25, 0.3) is 0 Å². The molecule has 1 atom stereocenters. The van der Waals surface area contributed by atoms with Gasteiger partial charge in [0.25, 0.3) is 11.8 Å². The Hall–Kier alpha value is -1.88. The fraction of sp³-hybridized carbons (Fsp3) is 0.579. The van der Waals surface area contributed by atoms with Gasteiger partial charge in [-0.25, -0.2) is 0 Å². The van der Waals surface area contributed by atoms with Gasteiger partial charge in [0.1, 0.15) is 0 Å². The first kappa shape index (κ1) is 18.5. The van der Waals surface area contributed by atoms with Gasteiger partial charge < -0.3 is 15.1 Å². The van der Waals surface area contributed by atoms with E-state index in [1.54, 1.807) is 18.2 Å². The van der Waals surface area contributed by atoms with Crippen molar-refractivity contribution < 1.29 is 9.59 Å². The van der Waals surface area contributed by atoms with Crippen LogP contribution in [0.5, 0.6) is 0 Å². The van der Waals surface area contributed by atoms with Crippen LogP contribution in [0.4, 0.5) is 0 Å². The molecule has 0 saturated carbocycles. The van der Waals surface area contributed by atoms with Crippen LogP contribution in [0.3, 0.4) is 0 Å². The van der Waals surface area contributed by atoms with Gasteiger partial charge >= 0.3 is 0 Å². The topological polar surface area (TPSA) is 52.7 Å². The second kappa shape index (κ2) is 8.83. The predicted molar refractivity (Wildman–Crippen MR) is 96.3 cm³/mol. The second-order valence-corrected chi connectivity index (χ2v) is 6.42. The third kappa shape index (κ3) is 4.35. The Kier molecular flexibility index (Phi) is 6.79. The third-order valence-corrected chi connectivity index (χ3v) is 4.39. The number of hydrogen-bond donors (Lipinski definition) is 1. The number of piperazine rings is 1. The Morgan fingerprint density at radius 1 is 1.21 bits per heavy atom. The van der Waals surface area contributed by atoms with Gasteiger partial charge in [-0.2, -0.15) is 0 Å². The Bertz CT molecular complexity index is 567. The molecular formula is C19H29N3O2. The number of nitrogens with zero attached hydrogens (tertiary/aromatic N) is 2. The molecule has 0 spiro atoms. The van der Waals surface area contributed by atoms with E-state index >= 15 is 0 Å². The zero-order chi connectivity index (χ0) is 17.5. The van der Waals surface area contributed by atoms with Crippen molar-refractivity contribution in [1.82, 2.24) is 15.1 Å². The summed E-state index contributed by atoms with van der Waals surface area (Å²) in [4.78, 5) is 29.3. The lowest BCUT2D eigenvalue weighted by Crippen LogP contribution is -2.52. The molecule has 1 aromatic carbocycles. The van der Waals surface area contributed by atoms with Gasteiger partial charge in [-0.05, 0) is 38.0 Å². The lowest BCUT2D eigenvalue weighted by atomic mass is 10.1. The maximum Gasteiger partial charge on any atom is 0.254 e. The van der Waals surface area contributed by atoms with Gasteiger partial charge in [-0.3, -0.25) is 9.59 Å². The zero-order valence-corrected chi connectivity index (χ0v) is 15.0. The van der Waals surface area contributed by atoms with Crippen molar-refractivity contribution in [1.29, 1.82) is 0 Å². The van der Waals surface area contributed by atoms with E-state index < -0.39 is 0 Å². The van der Waals surface area contributed by atoms with Gasteiger partial charge in [-0.15, -0.1) is 0 Å². The molecule has 1 heterocycles. The maximum absolute atomic E-state index is 12.8. The Balaban J connectivity index is 2.18. The summed E-state index contributed by atoms with van der Waals surface area (Å²) in [5.74, 6) is 0.0258. The van der Waals surface area contributed by atoms with Crippen molar-refractivity contribution in [2.75, 3.05) is 32.7 Å². The highest BCUT2D eigenvalue weighted by atomic mass is 16.2. The standard InChI is InChI=1S/C19H29N3O2/c1-4-10-21(11-5-2)18(23)16-7-6-8-17(13-16)19(24)22-12-9-20-14-15(22)3/h6-8,13,15,20H,4-5,9-12,14H2,1-3H3/t15-/m1/s1. The average Bonchev–Trinajstić information content (AvgIpc) is 2.61. The number of amides is 2. The van der Waals surface area contributed by atoms with Crippen molar-refractivity contribution in [3.8, 4) is 0 Å². The number of hydrogen-bond acceptors (Lipinski definition) is 3. The maximum atomic E-state index is 12.8. The van der Waals surface area contributed by atoms with Gasteiger partial charge in [0.15, 0.2) is 0 Å².